The van der Waals surface area contributed by atoms with Crippen molar-refractivity contribution in [1.29, 1.82) is 0 Å². The zero-order valence-corrected chi connectivity index (χ0v) is 12.9. The van der Waals surface area contributed by atoms with Gasteiger partial charge in [-0.15, -0.1) is 10.2 Å². The Bertz CT molecular complexity index is 900. The summed E-state index contributed by atoms with van der Waals surface area (Å²) in [5, 5.41) is 7.82. The molecule has 3 rings (SSSR count). The molecular formula is C15H14N4O2S. The van der Waals surface area contributed by atoms with E-state index in [1.54, 1.807) is 18.5 Å². The zero-order chi connectivity index (χ0) is 15.7. The molecule has 0 fully saturated rings. The Morgan fingerprint density at radius 3 is 2.36 bits per heavy atom. The van der Waals surface area contributed by atoms with Gasteiger partial charge in [-0.25, -0.2) is 8.42 Å². The van der Waals surface area contributed by atoms with Crippen molar-refractivity contribution in [1.82, 2.24) is 19.7 Å². The lowest BCUT2D eigenvalue weighted by atomic mass is 10.2. The van der Waals surface area contributed by atoms with Gasteiger partial charge in [0.25, 0.3) is 5.16 Å². The van der Waals surface area contributed by atoms with Crippen molar-refractivity contribution in [2.45, 2.75) is 12.1 Å². The van der Waals surface area contributed by atoms with E-state index in [0.29, 0.717) is 17.1 Å². The maximum atomic E-state index is 12.0. The SMILES string of the molecule is Cc1ccc(-n2c(-c3cccnc3)nnc2S(C)(=O)=O)cc1. The van der Waals surface area contributed by atoms with E-state index in [9.17, 15) is 8.42 Å². The van der Waals surface area contributed by atoms with E-state index >= 15 is 0 Å². The number of rotatable bonds is 3. The average Bonchev–Trinajstić information content (AvgIpc) is 2.94. The third-order valence-electron chi connectivity index (χ3n) is 3.18. The molecule has 0 unspecified atom stereocenters. The summed E-state index contributed by atoms with van der Waals surface area (Å²) in [4.78, 5) is 4.05. The molecule has 0 radical (unpaired) electrons. The minimum absolute atomic E-state index is 0.0878. The highest BCUT2D eigenvalue weighted by atomic mass is 32.2. The predicted molar refractivity (Wildman–Crippen MR) is 82.4 cm³/mol. The first-order chi connectivity index (χ1) is 10.5. The number of aryl methyl sites for hydroxylation is 1. The van der Waals surface area contributed by atoms with Gasteiger partial charge >= 0.3 is 0 Å². The minimum Gasteiger partial charge on any atom is -0.266 e. The number of pyridine rings is 1. The van der Waals surface area contributed by atoms with Gasteiger partial charge in [-0.3, -0.25) is 9.55 Å². The van der Waals surface area contributed by atoms with Gasteiger partial charge in [0, 0.05) is 29.9 Å². The van der Waals surface area contributed by atoms with Crippen LogP contribution in [0.1, 0.15) is 5.56 Å². The quantitative estimate of drug-likeness (QED) is 0.739. The molecular weight excluding hydrogens is 300 g/mol. The van der Waals surface area contributed by atoms with Crippen molar-refractivity contribution in [2.24, 2.45) is 0 Å². The average molecular weight is 314 g/mol. The van der Waals surface area contributed by atoms with Crippen LogP contribution in [0.5, 0.6) is 0 Å². The molecule has 0 N–H and O–H groups in total. The molecule has 7 heteroatoms. The lowest BCUT2D eigenvalue weighted by Gasteiger charge is -2.09. The molecule has 0 bridgehead atoms. The van der Waals surface area contributed by atoms with Gasteiger partial charge in [0.15, 0.2) is 5.82 Å². The van der Waals surface area contributed by atoms with Crippen molar-refractivity contribution in [2.75, 3.05) is 6.26 Å². The monoisotopic (exact) mass is 314 g/mol. The van der Waals surface area contributed by atoms with Crippen molar-refractivity contribution in [3.05, 3.63) is 54.4 Å². The van der Waals surface area contributed by atoms with Crippen LogP contribution in [-0.2, 0) is 9.84 Å². The van der Waals surface area contributed by atoms with Crippen molar-refractivity contribution < 1.29 is 8.42 Å². The van der Waals surface area contributed by atoms with Gasteiger partial charge in [-0.2, -0.15) is 0 Å². The molecule has 0 aliphatic carbocycles. The molecule has 112 valence electrons. The minimum atomic E-state index is -3.51. The highest BCUT2D eigenvalue weighted by Gasteiger charge is 2.22. The van der Waals surface area contributed by atoms with Crippen LogP contribution < -0.4 is 0 Å². The van der Waals surface area contributed by atoms with Crippen LogP contribution in [0.2, 0.25) is 0 Å². The van der Waals surface area contributed by atoms with Crippen molar-refractivity contribution in [3.8, 4) is 17.1 Å². The number of nitrogens with zero attached hydrogens (tertiary/aromatic N) is 4. The number of benzene rings is 1. The fourth-order valence-electron chi connectivity index (χ4n) is 2.12. The molecule has 2 heterocycles. The maximum absolute atomic E-state index is 12.0. The van der Waals surface area contributed by atoms with Crippen LogP contribution in [0.3, 0.4) is 0 Å². The molecule has 0 spiro atoms. The van der Waals surface area contributed by atoms with Crippen molar-refractivity contribution >= 4 is 9.84 Å². The second-order valence-electron chi connectivity index (χ2n) is 4.99. The molecule has 0 saturated carbocycles. The van der Waals surface area contributed by atoms with Crippen molar-refractivity contribution in [3.63, 3.8) is 0 Å². The highest BCUT2D eigenvalue weighted by Crippen LogP contribution is 2.24. The van der Waals surface area contributed by atoms with Crippen LogP contribution in [0.25, 0.3) is 17.1 Å². The number of hydrogen-bond acceptors (Lipinski definition) is 5. The summed E-state index contributed by atoms with van der Waals surface area (Å²) in [6, 6.07) is 11.1. The predicted octanol–water partition coefficient (Wildman–Crippen LogP) is 2.04. The van der Waals surface area contributed by atoms with E-state index < -0.39 is 9.84 Å². The Hall–Kier alpha value is -2.54. The third kappa shape index (κ3) is 2.62. The van der Waals surface area contributed by atoms with Gasteiger partial charge < -0.3 is 0 Å². The van der Waals surface area contributed by atoms with Gasteiger partial charge in [-0.1, -0.05) is 17.7 Å². The van der Waals surface area contributed by atoms with Crippen LogP contribution in [-0.4, -0.2) is 34.4 Å². The fraction of sp³-hybridized carbons (Fsp3) is 0.133. The normalized spacial score (nSPS) is 11.5. The van der Waals surface area contributed by atoms with E-state index in [0.717, 1.165) is 11.8 Å². The molecule has 2 aromatic heterocycles. The first kappa shape index (κ1) is 14.4. The molecule has 1 aromatic carbocycles. The Kier molecular flexibility index (Phi) is 3.50. The highest BCUT2D eigenvalue weighted by molar-refractivity contribution is 7.90. The summed E-state index contributed by atoms with van der Waals surface area (Å²) in [5.41, 5.74) is 2.47. The standard InChI is InChI=1S/C15H14N4O2S/c1-11-5-7-13(8-6-11)19-14(12-4-3-9-16-10-12)17-18-15(19)22(2,20)21/h3-10H,1-2H3. The van der Waals surface area contributed by atoms with Gasteiger partial charge in [0.2, 0.25) is 9.84 Å². The Morgan fingerprint density at radius 2 is 1.77 bits per heavy atom. The smallest absolute Gasteiger partial charge is 0.254 e. The Labute approximate surface area is 128 Å². The summed E-state index contributed by atoms with van der Waals surface area (Å²) in [6.07, 6.45) is 4.39. The van der Waals surface area contributed by atoms with Crippen LogP contribution >= 0.6 is 0 Å². The van der Waals surface area contributed by atoms with E-state index in [1.165, 1.54) is 4.57 Å². The third-order valence-corrected chi connectivity index (χ3v) is 4.10. The van der Waals surface area contributed by atoms with E-state index in [4.69, 9.17) is 0 Å². The van der Waals surface area contributed by atoms with Crippen LogP contribution in [0.4, 0.5) is 0 Å². The number of sulfone groups is 1. The summed E-state index contributed by atoms with van der Waals surface area (Å²) in [6.45, 7) is 1.97. The van der Waals surface area contributed by atoms with Gasteiger partial charge in [-0.05, 0) is 31.2 Å². The molecule has 0 saturated heterocycles. The molecule has 0 aliphatic heterocycles. The fourth-order valence-corrected chi connectivity index (χ4v) is 2.83. The maximum Gasteiger partial charge on any atom is 0.254 e. The van der Waals surface area contributed by atoms with E-state index in [-0.39, 0.29) is 5.16 Å². The van der Waals surface area contributed by atoms with Crippen LogP contribution in [0.15, 0.2) is 53.9 Å². The lowest BCUT2D eigenvalue weighted by Crippen LogP contribution is -2.09. The van der Waals surface area contributed by atoms with Crippen LogP contribution in [0, 0.1) is 6.92 Å². The zero-order valence-electron chi connectivity index (χ0n) is 12.1. The second kappa shape index (κ2) is 5.34. The topological polar surface area (TPSA) is 77.7 Å². The molecule has 0 amide bonds. The van der Waals surface area contributed by atoms with E-state index in [2.05, 4.69) is 15.2 Å². The first-order valence-electron chi connectivity index (χ1n) is 6.60. The summed E-state index contributed by atoms with van der Waals surface area (Å²) in [7, 11) is -3.51. The molecule has 0 aliphatic rings. The summed E-state index contributed by atoms with van der Waals surface area (Å²) < 4.78 is 25.5. The summed E-state index contributed by atoms with van der Waals surface area (Å²) in [5.74, 6) is 0.442. The molecule has 22 heavy (non-hydrogen) atoms. The van der Waals surface area contributed by atoms with E-state index in [1.807, 2.05) is 37.3 Å². The lowest BCUT2D eigenvalue weighted by molar-refractivity contribution is 0.589. The number of hydrogen-bond donors (Lipinski definition) is 0. The molecule has 3 aromatic rings. The van der Waals surface area contributed by atoms with Gasteiger partial charge in [0.05, 0.1) is 0 Å². The Balaban J connectivity index is 2.29. The number of aromatic nitrogens is 4. The summed E-state index contributed by atoms with van der Waals surface area (Å²) >= 11 is 0. The first-order valence-corrected chi connectivity index (χ1v) is 8.49. The largest absolute Gasteiger partial charge is 0.266 e. The second-order valence-corrected chi connectivity index (χ2v) is 6.90. The Morgan fingerprint density at radius 1 is 1.05 bits per heavy atom. The van der Waals surface area contributed by atoms with Gasteiger partial charge in [0.1, 0.15) is 0 Å². The molecule has 0 atom stereocenters. The molecule has 6 nitrogen and oxygen atoms in total.